The minimum Gasteiger partial charge on any atom is -0.457 e. The van der Waals surface area contributed by atoms with Crippen LogP contribution in [0.5, 0.6) is 11.5 Å². The van der Waals surface area contributed by atoms with Crippen LogP contribution in [0.25, 0.3) is 0 Å². The van der Waals surface area contributed by atoms with Crippen LogP contribution in [0.4, 0.5) is 5.69 Å². The quantitative estimate of drug-likeness (QED) is 0.471. The van der Waals surface area contributed by atoms with Crippen molar-refractivity contribution in [1.29, 1.82) is 0 Å². The van der Waals surface area contributed by atoms with Crippen LogP contribution in [0.1, 0.15) is 5.56 Å². The van der Waals surface area contributed by atoms with E-state index in [9.17, 15) is 10.1 Å². The number of nitro groups is 1. The molecule has 0 bridgehead atoms. The molecular weight excluding hydrogens is 262 g/mol. The van der Waals surface area contributed by atoms with Crippen molar-refractivity contribution in [1.82, 2.24) is 0 Å². The van der Waals surface area contributed by atoms with Crippen molar-refractivity contribution in [3.8, 4) is 11.5 Å². The fourth-order valence-electron chi connectivity index (χ4n) is 1.63. The van der Waals surface area contributed by atoms with Crippen LogP contribution < -0.4 is 4.74 Å². The van der Waals surface area contributed by atoms with Gasteiger partial charge in [0.05, 0.1) is 4.92 Å². The minimum atomic E-state index is -0.428. The first-order valence-corrected chi connectivity index (χ1v) is 6.89. The van der Waals surface area contributed by atoms with Gasteiger partial charge in [0.1, 0.15) is 11.5 Å². The largest absolute Gasteiger partial charge is 0.457 e. The highest BCUT2D eigenvalue weighted by Gasteiger charge is 2.06. The number of hydrogen-bond acceptors (Lipinski definition) is 4. The molecule has 0 aliphatic heterocycles. The van der Waals surface area contributed by atoms with Gasteiger partial charge in [-0.25, -0.2) is 0 Å². The van der Waals surface area contributed by atoms with Crippen molar-refractivity contribution >= 4 is 17.4 Å². The molecule has 0 amide bonds. The maximum atomic E-state index is 10.6. The second-order valence-corrected chi connectivity index (χ2v) is 4.86. The van der Waals surface area contributed by atoms with E-state index in [1.54, 1.807) is 23.9 Å². The SMILES string of the molecule is CSc1ccc(Oc2ccc([N+](=O)[O-])cc2)c(C)c1. The van der Waals surface area contributed by atoms with E-state index in [1.165, 1.54) is 17.0 Å². The van der Waals surface area contributed by atoms with Gasteiger partial charge in [0.2, 0.25) is 0 Å². The smallest absolute Gasteiger partial charge is 0.269 e. The molecule has 2 aromatic carbocycles. The lowest BCUT2D eigenvalue weighted by Crippen LogP contribution is -1.90. The van der Waals surface area contributed by atoms with Crippen molar-refractivity contribution in [2.45, 2.75) is 11.8 Å². The fraction of sp³-hybridized carbons (Fsp3) is 0.143. The van der Waals surface area contributed by atoms with E-state index in [2.05, 4.69) is 0 Å². The average Bonchev–Trinajstić information content (AvgIpc) is 2.41. The third-order valence-corrected chi connectivity index (χ3v) is 3.38. The molecule has 0 N–H and O–H groups in total. The van der Waals surface area contributed by atoms with Gasteiger partial charge in [-0.05, 0) is 49.1 Å². The molecule has 19 heavy (non-hydrogen) atoms. The number of ether oxygens (including phenoxy) is 1. The normalized spacial score (nSPS) is 10.2. The summed E-state index contributed by atoms with van der Waals surface area (Å²) in [6.45, 7) is 1.97. The maximum Gasteiger partial charge on any atom is 0.269 e. The Morgan fingerprint density at radius 3 is 2.37 bits per heavy atom. The molecule has 2 aromatic rings. The number of nitrogens with zero attached hydrogens (tertiary/aromatic N) is 1. The van der Waals surface area contributed by atoms with Crippen LogP contribution >= 0.6 is 11.8 Å². The molecule has 0 fully saturated rings. The van der Waals surface area contributed by atoms with Crippen molar-refractivity contribution in [3.63, 3.8) is 0 Å². The van der Waals surface area contributed by atoms with E-state index in [-0.39, 0.29) is 5.69 Å². The van der Waals surface area contributed by atoms with Crippen LogP contribution in [0, 0.1) is 17.0 Å². The van der Waals surface area contributed by atoms with Gasteiger partial charge in [0.25, 0.3) is 5.69 Å². The summed E-state index contributed by atoms with van der Waals surface area (Å²) in [6.07, 6.45) is 2.02. The van der Waals surface area contributed by atoms with Crippen LogP contribution in [0.15, 0.2) is 47.4 Å². The van der Waals surface area contributed by atoms with E-state index in [0.717, 1.165) is 11.3 Å². The number of benzene rings is 2. The van der Waals surface area contributed by atoms with E-state index in [4.69, 9.17) is 4.74 Å². The molecule has 0 saturated heterocycles. The van der Waals surface area contributed by atoms with Crippen LogP contribution in [0.2, 0.25) is 0 Å². The highest BCUT2D eigenvalue weighted by atomic mass is 32.2. The Hall–Kier alpha value is -2.01. The van der Waals surface area contributed by atoms with E-state index in [0.29, 0.717) is 5.75 Å². The van der Waals surface area contributed by atoms with Gasteiger partial charge in [-0.3, -0.25) is 10.1 Å². The van der Waals surface area contributed by atoms with Crippen LogP contribution in [0.3, 0.4) is 0 Å². The average molecular weight is 275 g/mol. The summed E-state index contributed by atoms with van der Waals surface area (Å²) >= 11 is 1.67. The molecule has 98 valence electrons. The number of thioether (sulfide) groups is 1. The molecule has 0 heterocycles. The second kappa shape index (κ2) is 5.75. The summed E-state index contributed by atoms with van der Waals surface area (Å²) in [7, 11) is 0. The van der Waals surface area contributed by atoms with Gasteiger partial charge in [-0.1, -0.05) is 0 Å². The summed E-state index contributed by atoms with van der Waals surface area (Å²) in [4.78, 5) is 11.3. The van der Waals surface area contributed by atoms with Gasteiger partial charge in [-0.2, -0.15) is 0 Å². The van der Waals surface area contributed by atoms with Gasteiger partial charge in [0.15, 0.2) is 0 Å². The third kappa shape index (κ3) is 3.26. The lowest BCUT2D eigenvalue weighted by molar-refractivity contribution is -0.384. The molecule has 0 atom stereocenters. The predicted molar refractivity (Wildman–Crippen MR) is 76.1 cm³/mol. The van der Waals surface area contributed by atoms with E-state index in [1.807, 2.05) is 31.4 Å². The van der Waals surface area contributed by atoms with Gasteiger partial charge < -0.3 is 4.74 Å². The molecule has 4 nitrogen and oxygen atoms in total. The molecule has 5 heteroatoms. The summed E-state index contributed by atoms with van der Waals surface area (Å²) in [6, 6.07) is 12.0. The standard InChI is InChI=1S/C14H13NO3S/c1-10-9-13(19-2)7-8-14(10)18-12-5-3-11(4-6-12)15(16)17/h3-9H,1-2H3. The molecule has 0 saturated carbocycles. The lowest BCUT2D eigenvalue weighted by atomic mass is 10.2. The Bertz CT molecular complexity index is 596. The second-order valence-electron chi connectivity index (χ2n) is 3.98. The zero-order valence-electron chi connectivity index (χ0n) is 10.6. The number of aryl methyl sites for hydroxylation is 1. The van der Waals surface area contributed by atoms with Crippen molar-refractivity contribution in [2.75, 3.05) is 6.26 Å². The Labute approximate surface area is 115 Å². The summed E-state index contributed by atoms with van der Waals surface area (Å²) < 4.78 is 5.71. The Morgan fingerprint density at radius 2 is 1.84 bits per heavy atom. The van der Waals surface area contributed by atoms with Crippen molar-refractivity contribution in [3.05, 3.63) is 58.1 Å². The van der Waals surface area contributed by atoms with E-state index < -0.39 is 4.92 Å². The fourth-order valence-corrected chi connectivity index (χ4v) is 2.12. The first-order valence-electron chi connectivity index (χ1n) is 5.67. The number of hydrogen-bond donors (Lipinski definition) is 0. The summed E-state index contributed by atoms with van der Waals surface area (Å²) in [5, 5.41) is 10.6. The Balaban J connectivity index is 2.19. The number of rotatable bonds is 4. The first-order chi connectivity index (χ1) is 9.10. The number of non-ortho nitro benzene ring substituents is 1. The molecule has 0 aliphatic carbocycles. The summed E-state index contributed by atoms with van der Waals surface area (Å²) in [5.41, 5.74) is 1.09. The maximum absolute atomic E-state index is 10.6. The molecule has 0 unspecified atom stereocenters. The first kappa shape index (κ1) is 13.4. The topological polar surface area (TPSA) is 52.4 Å². The van der Waals surface area contributed by atoms with Gasteiger partial charge in [0, 0.05) is 17.0 Å². The highest BCUT2D eigenvalue weighted by molar-refractivity contribution is 7.98. The number of nitro benzene ring substituents is 1. The monoisotopic (exact) mass is 275 g/mol. The van der Waals surface area contributed by atoms with Crippen LogP contribution in [-0.2, 0) is 0 Å². The van der Waals surface area contributed by atoms with Gasteiger partial charge in [-0.15, -0.1) is 11.8 Å². The molecule has 0 aromatic heterocycles. The molecule has 0 aliphatic rings. The summed E-state index contributed by atoms with van der Waals surface area (Å²) in [5.74, 6) is 1.34. The molecule has 2 rings (SSSR count). The molecule has 0 radical (unpaired) electrons. The minimum absolute atomic E-state index is 0.0572. The zero-order valence-corrected chi connectivity index (χ0v) is 11.4. The van der Waals surface area contributed by atoms with E-state index >= 15 is 0 Å². The predicted octanol–water partition coefficient (Wildman–Crippen LogP) is 4.42. The van der Waals surface area contributed by atoms with Crippen molar-refractivity contribution in [2.24, 2.45) is 0 Å². The Kier molecular flexibility index (Phi) is 4.06. The zero-order chi connectivity index (χ0) is 13.8. The van der Waals surface area contributed by atoms with Crippen LogP contribution in [-0.4, -0.2) is 11.2 Å². The highest BCUT2D eigenvalue weighted by Crippen LogP contribution is 2.29. The molecular formula is C14H13NO3S. The van der Waals surface area contributed by atoms with Gasteiger partial charge >= 0.3 is 0 Å². The molecule has 0 spiro atoms. The van der Waals surface area contributed by atoms with Crippen molar-refractivity contribution < 1.29 is 9.66 Å². The lowest BCUT2D eigenvalue weighted by Gasteiger charge is -2.09. The third-order valence-electron chi connectivity index (χ3n) is 2.66. The Morgan fingerprint density at radius 1 is 1.16 bits per heavy atom.